The zero-order valence-electron chi connectivity index (χ0n) is 12.5. The standard InChI is InChI=1S/C16H32O2.CH4/c1-3-5-7-8-9-10-11-12-13-14-16(17)18-15-6-4-2;/h3-15H2,1-2H3;1H4. The van der Waals surface area contributed by atoms with Gasteiger partial charge in [-0.3, -0.25) is 4.79 Å². The molecule has 0 amide bonds. The summed E-state index contributed by atoms with van der Waals surface area (Å²) in [4.78, 5) is 11.3. The predicted molar refractivity (Wildman–Crippen MR) is 84.4 cm³/mol. The maximum absolute atomic E-state index is 11.3. The lowest BCUT2D eigenvalue weighted by Gasteiger charge is -2.04. The van der Waals surface area contributed by atoms with Crippen LogP contribution < -0.4 is 0 Å². The summed E-state index contributed by atoms with van der Waals surface area (Å²) in [5, 5.41) is 0. The van der Waals surface area contributed by atoms with E-state index in [2.05, 4.69) is 13.8 Å². The molecular formula is C17H36O2. The van der Waals surface area contributed by atoms with Gasteiger partial charge in [0.1, 0.15) is 0 Å². The Labute approximate surface area is 121 Å². The quantitative estimate of drug-likeness (QED) is 0.309. The molecule has 0 rings (SSSR count). The van der Waals surface area contributed by atoms with Gasteiger partial charge in [0, 0.05) is 6.42 Å². The molecule has 2 heteroatoms. The van der Waals surface area contributed by atoms with Gasteiger partial charge in [-0.25, -0.2) is 0 Å². The largest absolute Gasteiger partial charge is 0.466 e. The van der Waals surface area contributed by atoms with Crippen molar-refractivity contribution in [2.24, 2.45) is 0 Å². The van der Waals surface area contributed by atoms with E-state index in [1.807, 2.05) is 0 Å². The molecule has 0 atom stereocenters. The molecule has 0 aromatic rings. The van der Waals surface area contributed by atoms with E-state index in [9.17, 15) is 4.79 Å². The van der Waals surface area contributed by atoms with E-state index in [-0.39, 0.29) is 13.4 Å². The van der Waals surface area contributed by atoms with E-state index in [1.54, 1.807) is 0 Å². The van der Waals surface area contributed by atoms with Gasteiger partial charge in [0.2, 0.25) is 0 Å². The Hall–Kier alpha value is -0.530. The highest BCUT2D eigenvalue weighted by Gasteiger charge is 2.01. The molecule has 0 spiro atoms. The minimum absolute atomic E-state index is 0. The SMILES string of the molecule is C.CCCCCCCCCCCC(=O)OCCCC. The van der Waals surface area contributed by atoms with Crippen LogP contribution in [0.2, 0.25) is 0 Å². The first kappa shape index (κ1) is 20.8. The van der Waals surface area contributed by atoms with Crippen LogP contribution in [0.3, 0.4) is 0 Å². The number of hydrogen-bond donors (Lipinski definition) is 0. The average Bonchev–Trinajstić information content (AvgIpc) is 2.37. The Kier molecular flexibility index (Phi) is 19.1. The van der Waals surface area contributed by atoms with Gasteiger partial charge in [0.25, 0.3) is 0 Å². The van der Waals surface area contributed by atoms with Crippen molar-refractivity contribution in [3.63, 3.8) is 0 Å². The predicted octanol–water partition coefficient (Wildman–Crippen LogP) is 5.89. The number of carbonyl (C=O) groups excluding carboxylic acids is 1. The summed E-state index contributed by atoms with van der Waals surface area (Å²) in [6, 6.07) is 0. The molecule has 2 nitrogen and oxygen atoms in total. The van der Waals surface area contributed by atoms with E-state index in [4.69, 9.17) is 4.74 Å². The van der Waals surface area contributed by atoms with Crippen LogP contribution in [0.15, 0.2) is 0 Å². The fourth-order valence-electron chi connectivity index (χ4n) is 1.98. The smallest absolute Gasteiger partial charge is 0.305 e. The lowest BCUT2D eigenvalue weighted by Crippen LogP contribution is -2.05. The van der Waals surface area contributed by atoms with Gasteiger partial charge in [0.05, 0.1) is 6.61 Å². The fourth-order valence-corrected chi connectivity index (χ4v) is 1.98. The summed E-state index contributed by atoms with van der Waals surface area (Å²) in [7, 11) is 0. The lowest BCUT2D eigenvalue weighted by molar-refractivity contribution is -0.143. The molecule has 0 aliphatic rings. The van der Waals surface area contributed by atoms with Crippen LogP contribution >= 0.6 is 0 Å². The first-order chi connectivity index (χ1) is 8.81. The molecule has 0 unspecified atom stereocenters. The van der Waals surface area contributed by atoms with Crippen LogP contribution in [0.25, 0.3) is 0 Å². The minimum Gasteiger partial charge on any atom is -0.466 e. The van der Waals surface area contributed by atoms with Crippen molar-refractivity contribution in [3.8, 4) is 0 Å². The molecule has 0 heterocycles. The summed E-state index contributed by atoms with van der Waals surface area (Å²) in [6.07, 6.45) is 14.3. The monoisotopic (exact) mass is 272 g/mol. The Balaban J connectivity index is 0. The van der Waals surface area contributed by atoms with Gasteiger partial charge >= 0.3 is 5.97 Å². The molecular weight excluding hydrogens is 236 g/mol. The average molecular weight is 272 g/mol. The van der Waals surface area contributed by atoms with Crippen LogP contribution in [0.4, 0.5) is 0 Å². The Morgan fingerprint density at radius 1 is 0.737 bits per heavy atom. The minimum atomic E-state index is -0.00797. The second kappa shape index (κ2) is 17.5. The number of ether oxygens (including phenoxy) is 1. The number of unbranched alkanes of at least 4 members (excludes halogenated alkanes) is 9. The van der Waals surface area contributed by atoms with Gasteiger partial charge in [0.15, 0.2) is 0 Å². The fraction of sp³-hybridized carbons (Fsp3) is 0.941. The number of hydrogen-bond acceptors (Lipinski definition) is 2. The second-order valence-electron chi connectivity index (χ2n) is 5.15. The maximum Gasteiger partial charge on any atom is 0.305 e. The second-order valence-corrected chi connectivity index (χ2v) is 5.15. The first-order valence-corrected chi connectivity index (χ1v) is 7.96. The third-order valence-electron chi connectivity index (χ3n) is 3.25. The zero-order chi connectivity index (χ0) is 13.5. The van der Waals surface area contributed by atoms with Crippen molar-refractivity contribution in [1.29, 1.82) is 0 Å². The van der Waals surface area contributed by atoms with E-state index >= 15 is 0 Å². The molecule has 0 radical (unpaired) electrons. The van der Waals surface area contributed by atoms with E-state index in [0.717, 1.165) is 19.3 Å². The summed E-state index contributed by atoms with van der Waals surface area (Å²) >= 11 is 0. The Bertz CT molecular complexity index is 178. The first-order valence-electron chi connectivity index (χ1n) is 7.96. The normalized spacial score (nSPS) is 10.0. The van der Waals surface area contributed by atoms with Crippen LogP contribution in [0.1, 0.15) is 98.3 Å². The van der Waals surface area contributed by atoms with E-state index in [1.165, 1.54) is 51.4 Å². The summed E-state index contributed by atoms with van der Waals surface area (Å²) in [5.41, 5.74) is 0. The number of rotatable bonds is 13. The van der Waals surface area contributed by atoms with Gasteiger partial charge in [-0.1, -0.05) is 79.1 Å². The van der Waals surface area contributed by atoms with Gasteiger partial charge in [-0.2, -0.15) is 0 Å². The Morgan fingerprint density at radius 2 is 1.21 bits per heavy atom. The zero-order valence-corrected chi connectivity index (χ0v) is 12.5. The Morgan fingerprint density at radius 3 is 1.74 bits per heavy atom. The van der Waals surface area contributed by atoms with Gasteiger partial charge < -0.3 is 4.74 Å². The molecule has 0 aromatic carbocycles. The molecule has 0 aliphatic carbocycles. The molecule has 0 saturated heterocycles. The van der Waals surface area contributed by atoms with Crippen molar-refractivity contribution in [3.05, 3.63) is 0 Å². The van der Waals surface area contributed by atoms with Crippen molar-refractivity contribution in [1.82, 2.24) is 0 Å². The number of esters is 1. The molecule has 0 N–H and O–H groups in total. The third kappa shape index (κ3) is 17.5. The van der Waals surface area contributed by atoms with Crippen molar-refractivity contribution < 1.29 is 9.53 Å². The van der Waals surface area contributed by atoms with Gasteiger partial charge in [-0.05, 0) is 12.8 Å². The molecule has 0 aromatic heterocycles. The molecule has 0 fully saturated rings. The summed E-state index contributed by atoms with van der Waals surface area (Å²) in [5.74, 6) is -0.00797. The molecule has 0 aliphatic heterocycles. The van der Waals surface area contributed by atoms with Crippen molar-refractivity contribution in [2.45, 2.75) is 98.3 Å². The molecule has 116 valence electrons. The van der Waals surface area contributed by atoms with Gasteiger partial charge in [-0.15, -0.1) is 0 Å². The maximum atomic E-state index is 11.3. The molecule has 0 bridgehead atoms. The highest BCUT2D eigenvalue weighted by molar-refractivity contribution is 5.69. The lowest BCUT2D eigenvalue weighted by atomic mass is 10.1. The van der Waals surface area contributed by atoms with Crippen LogP contribution in [-0.2, 0) is 9.53 Å². The highest BCUT2D eigenvalue weighted by Crippen LogP contribution is 2.10. The van der Waals surface area contributed by atoms with Crippen molar-refractivity contribution in [2.75, 3.05) is 6.61 Å². The van der Waals surface area contributed by atoms with E-state index < -0.39 is 0 Å². The number of carbonyl (C=O) groups is 1. The van der Waals surface area contributed by atoms with E-state index in [0.29, 0.717) is 13.0 Å². The topological polar surface area (TPSA) is 26.3 Å². The molecule has 0 saturated carbocycles. The van der Waals surface area contributed by atoms with Crippen LogP contribution in [0, 0.1) is 0 Å². The third-order valence-corrected chi connectivity index (χ3v) is 3.25. The summed E-state index contributed by atoms with van der Waals surface area (Å²) in [6.45, 7) is 4.96. The summed E-state index contributed by atoms with van der Waals surface area (Å²) < 4.78 is 5.12. The molecule has 19 heavy (non-hydrogen) atoms. The van der Waals surface area contributed by atoms with Crippen LogP contribution in [0.5, 0.6) is 0 Å². The highest BCUT2D eigenvalue weighted by atomic mass is 16.5. The van der Waals surface area contributed by atoms with Crippen molar-refractivity contribution >= 4 is 5.97 Å². The van der Waals surface area contributed by atoms with Crippen LogP contribution in [-0.4, -0.2) is 12.6 Å².